The molecule has 0 aliphatic heterocycles. The Bertz CT molecular complexity index is 388. The second kappa shape index (κ2) is 6.21. The van der Waals surface area contributed by atoms with Gasteiger partial charge in [0.15, 0.2) is 5.78 Å². The second-order valence-electron chi connectivity index (χ2n) is 2.93. The molecule has 4 heteroatoms. The molecule has 0 unspecified atom stereocenters. The van der Waals surface area contributed by atoms with Gasteiger partial charge in [0.25, 0.3) is 0 Å². The Labute approximate surface area is 103 Å². The monoisotopic (exact) mass is 260 g/mol. The Balaban J connectivity index is 2.70. The molecular weight excluding hydrogens is 251 g/mol. The van der Waals surface area contributed by atoms with Crippen molar-refractivity contribution in [3.8, 4) is 0 Å². The molecule has 0 aromatic heterocycles. The topological polar surface area (TPSA) is 17.1 Å². The lowest BCUT2D eigenvalue weighted by atomic mass is 10.2. The van der Waals surface area contributed by atoms with E-state index in [0.717, 1.165) is 4.90 Å². The van der Waals surface area contributed by atoms with Gasteiger partial charge >= 0.3 is 0 Å². The number of thioether (sulfide) groups is 1. The number of halogens is 2. The average molecular weight is 261 g/mol. The SMILES string of the molecule is CC(=O)c1cccc(SCC(Cl)=CCl)c1. The van der Waals surface area contributed by atoms with Crippen LogP contribution in [0.2, 0.25) is 0 Å². The lowest BCUT2D eigenvalue weighted by Crippen LogP contribution is -1.91. The third kappa shape index (κ3) is 4.29. The van der Waals surface area contributed by atoms with Gasteiger partial charge in [-0.3, -0.25) is 4.79 Å². The zero-order chi connectivity index (χ0) is 11.3. The first-order valence-corrected chi connectivity index (χ1v) is 6.12. The molecule has 0 aliphatic rings. The molecule has 0 saturated carbocycles. The van der Waals surface area contributed by atoms with E-state index < -0.39 is 0 Å². The molecule has 1 rings (SSSR count). The lowest BCUT2D eigenvalue weighted by Gasteiger charge is -2.02. The number of Topliss-reactive ketones (excluding diaryl/α,β-unsaturated/α-hetero) is 1. The predicted molar refractivity (Wildman–Crippen MR) is 67.0 cm³/mol. The van der Waals surface area contributed by atoms with Crippen molar-refractivity contribution in [3.63, 3.8) is 0 Å². The van der Waals surface area contributed by atoms with Gasteiger partial charge in [-0.05, 0) is 19.1 Å². The fraction of sp³-hybridized carbons (Fsp3) is 0.182. The number of benzene rings is 1. The predicted octanol–water partition coefficient (Wildman–Crippen LogP) is 4.30. The Morgan fingerprint density at radius 3 is 2.87 bits per heavy atom. The van der Waals surface area contributed by atoms with Gasteiger partial charge in [0, 0.05) is 26.8 Å². The Kier molecular flexibility index (Phi) is 5.23. The molecule has 0 radical (unpaired) electrons. The molecular formula is C11H10Cl2OS. The highest BCUT2D eigenvalue weighted by atomic mass is 35.5. The van der Waals surface area contributed by atoms with Crippen molar-refractivity contribution in [1.29, 1.82) is 0 Å². The van der Waals surface area contributed by atoms with Gasteiger partial charge in [0.2, 0.25) is 0 Å². The number of ketones is 1. The zero-order valence-electron chi connectivity index (χ0n) is 8.17. The van der Waals surface area contributed by atoms with Gasteiger partial charge < -0.3 is 0 Å². The normalized spacial score (nSPS) is 11.5. The lowest BCUT2D eigenvalue weighted by molar-refractivity contribution is 0.101. The second-order valence-corrected chi connectivity index (χ2v) is 4.68. The van der Waals surface area contributed by atoms with Gasteiger partial charge in [-0.1, -0.05) is 35.3 Å². The molecule has 15 heavy (non-hydrogen) atoms. The Morgan fingerprint density at radius 1 is 1.53 bits per heavy atom. The van der Waals surface area contributed by atoms with Crippen LogP contribution in [0, 0.1) is 0 Å². The highest BCUT2D eigenvalue weighted by Crippen LogP contribution is 2.23. The molecule has 0 heterocycles. The van der Waals surface area contributed by atoms with Gasteiger partial charge in [0.05, 0.1) is 0 Å². The van der Waals surface area contributed by atoms with Crippen LogP contribution in [-0.2, 0) is 0 Å². The van der Waals surface area contributed by atoms with E-state index in [1.165, 1.54) is 5.54 Å². The van der Waals surface area contributed by atoms with E-state index in [4.69, 9.17) is 23.2 Å². The van der Waals surface area contributed by atoms with Gasteiger partial charge in [0.1, 0.15) is 0 Å². The number of carbonyl (C=O) groups is 1. The largest absolute Gasteiger partial charge is 0.295 e. The summed E-state index contributed by atoms with van der Waals surface area (Å²) in [5.74, 6) is 0.684. The molecule has 0 spiro atoms. The molecule has 1 aromatic carbocycles. The van der Waals surface area contributed by atoms with E-state index in [9.17, 15) is 4.79 Å². The third-order valence-electron chi connectivity index (χ3n) is 1.74. The van der Waals surface area contributed by atoms with Gasteiger partial charge in [-0.2, -0.15) is 0 Å². The van der Waals surface area contributed by atoms with Crippen molar-refractivity contribution in [3.05, 3.63) is 40.4 Å². The molecule has 0 bridgehead atoms. The standard InChI is InChI=1S/C11H10Cl2OS/c1-8(14)9-3-2-4-11(5-9)15-7-10(13)6-12/h2-6H,7H2,1H3. The summed E-state index contributed by atoms with van der Waals surface area (Å²) in [5.41, 5.74) is 2.06. The van der Waals surface area contributed by atoms with Crippen molar-refractivity contribution in [2.24, 2.45) is 0 Å². The molecule has 0 fully saturated rings. The summed E-state index contributed by atoms with van der Waals surface area (Å²) >= 11 is 12.7. The van der Waals surface area contributed by atoms with Crippen molar-refractivity contribution in [2.45, 2.75) is 11.8 Å². The maximum atomic E-state index is 11.1. The van der Waals surface area contributed by atoms with Crippen LogP contribution in [0.1, 0.15) is 17.3 Å². The van der Waals surface area contributed by atoms with Crippen molar-refractivity contribution in [2.75, 3.05) is 5.75 Å². The zero-order valence-corrected chi connectivity index (χ0v) is 10.5. The number of hydrogen-bond donors (Lipinski definition) is 0. The average Bonchev–Trinajstić information content (AvgIpc) is 2.26. The summed E-state index contributed by atoms with van der Waals surface area (Å²) in [6, 6.07) is 7.45. The van der Waals surface area contributed by atoms with Gasteiger partial charge in [-0.25, -0.2) is 0 Å². The van der Waals surface area contributed by atoms with Crippen LogP contribution in [0.15, 0.2) is 39.7 Å². The summed E-state index contributed by atoms with van der Waals surface area (Å²) in [6.45, 7) is 1.55. The molecule has 1 nitrogen and oxygen atoms in total. The quantitative estimate of drug-likeness (QED) is 0.593. The summed E-state index contributed by atoms with van der Waals surface area (Å²) in [7, 11) is 0. The third-order valence-corrected chi connectivity index (χ3v) is 3.55. The van der Waals surface area contributed by atoms with Crippen LogP contribution < -0.4 is 0 Å². The molecule has 0 saturated heterocycles. The first-order chi connectivity index (χ1) is 7.13. The summed E-state index contributed by atoms with van der Waals surface area (Å²) < 4.78 is 0. The minimum atomic E-state index is 0.0661. The molecule has 80 valence electrons. The number of rotatable bonds is 4. The number of carbonyl (C=O) groups excluding carboxylic acids is 1. The van der Waals surface area contributed by atoms with Crippen LogP contribution in [-0.4, -0.2) is 11.5 Å². The van der Waals surface area contributed by atoms with Crippen molar-refractivity contribution < 1.29 is 4.79 Å². The van der Waals surface area contributed by atoms with E-state index >= 15 is 0 Å². The van der Waals surface area contributed by atoms with Gasteiger partial charge in [-0.15, -0.1) is 11.8 Å². The molecule has 0 N–H and O–H groups in total. The number of hydrogen-bond acceptors (Lipinski definition) is 2. The fourth-order valence-corrected chi connectivity index (χ4v) is 2.09. The van der Waals surface area contributed by atoms with Crippen LogP contribution in [0.5, 0.6) is 0 Å². The molecule has 0 atom stereocenters. The maximum Gasteiger partial charge on any atom is 0.159 e. The smallest absolute Gasteiger partial charge is 0.159 e. The highest BCUT2D eigenvalue weighted by molar-refractivity contribution is 7.99. The highest BCUT2D eigenvalue weighted by Gasteiger charge is 2.01. The van der Waals surface area contributed by atoms with E-state index in [1.54, 1.807) is 24.8 Å². The van der Waals surface area contributed by atoms with E-state index in [0.29, 0.717) is 16.3 Å². The fourth-order valence-electron chi connectivity index (χ4n) is 0.989. The van der Waals surface area contributed by atoms with E-state index in [1.807, 2.05) is 18.2 Å². The molecule has 1 aromatic rings. The summed E-state index contributed by atoms with van der Waals surface area (Å²) in [4.78, 5) is 12.1. The van der Waals surface area contributed by atoms with Crippen LogP contribution in [0.3, 0.4) is 0 Å². The van der Waals surface area contributed by atoms with E-state index in [2.05, 4.69) is 0 Å². The van der Waals surface area contributed by atoms with Crippen molar-refractivity contribution >= 4 is 40.7 Å². The first kappa shape index (κ1) is 12.6. The van der Waals surface area contributed by atoms with Crippen molar-refractivity contribution in [1.82, 2.24) is 0 Å². The van der Waals surface area contributed by atoms with E-state index in [-0.39, 0.29) is 5.78 Å². The minimum absolute atomic E-state index is 0.0661. The van der Waals surface area contributed by atoms with Crippen LogP contribution in [0.25, 0.3) is 0 Å². The molecule has 0 amide bonds. The van der Waals surface area contributed by atoms with Crippen LogP contribution >= 0.6 is 35.0 Å². The summed E-state index contributed by atoms with van der Waals surface area (Å²) in [5, 5.41) is 0.592. The van der Waals surface area contributed by atoms with Crippen LogP contribution in [0.4, 0.5) is 0 Å². The summed E-state index contributed by atoms with van der Waals surface area (Å²) in [6.07, 6.45) is 0. The first-order valence-electron chi connectivity index (χ1n) is 4.32. The Hall–Kier alpha value is -0.440. The molecule has 0 aliphatic carbocycles. The Morgan fingerprint density at radius 2 is 2.27 bits per heavy atom. The minimum Gasteiger partial charge on any atom is -0.295 e. The maximum absolute atomic E-state index is 11.1.